The summed E-state index contributed by atoms with van der Waals surface area (Å²) in [6.45, 7) is 6.93. The van der Waals surface area contributed by atoms with E-state index in [0.29, 0.717) is 0 Å². The van der Waals surface area contributed by atoms with Crippen LogP contribution in [-0.4, -0.2) is 0 Å². The van der Waals surface area contributed by atoms with Gasteiger partial charge in [0, 0.05) is 0 Å². The Morgan fingerprint density at radius 2 is 1.23 bits per heavy atom. The number of hydrogen-bond donors (Lipinski definition) is 0. The summed E-state index contributed by atoms with van der Waals surface area (Å²) in [7, 11) is 0. The molecule has 0 aliphatic rings. The number of allylic oxidation sites excluding steroid dienone is 4. The first-order valence-corrected chi connectivity index (χ1v) is 10.1. The summed E-state index contributed by atoms with van der Waals surface area (Å²) in [6, 6.07) is 0. The average molecular weight is 307 g/mol. The minimum Gasteiger partial charge on any atom is -0.0885 e. The summed E-state index contributed by atoms with van der Waals surface area (Å²) >= 11 is 0. The molecule has 0 spiro atoms. The van der Waals surface area contributed by atoms with Gasteiger partial charge in [-0.2, -0.15) is 0 Å². The number of rotatable bonds is 16. The molecule has 0 bridgehead atoms. The van der Waals surface area contributed by atoms with E-state index in [4.69, 9.17) is 0 Å². The predicted molar refractivity (Wildman–Crippen MR) is 103 cm³/mol. The first kappa shape index (κ1) is 21.5. The monoisotopic (exact) mass is 306 g/mol. The lowest BCUT2D eigenvalue weighted by Gasteiger charge is -2.10. The Hall–Kier alpha value is -0.520. The van der Waals surface area contributed by atoms with E-state index in [2.05, 4.69) is 45.1 Å². The molecule has 0 nitrogen and oxygen atoms in total. The summed E-state index contributed by atoms with van der Waals surface area (Å²) in [4.78, 5) is 0. The van der Waals surface area contributed by atoms with Crippen LogP contribution in [0.1, 0.15) is 111 Å². The molecule has 1 unspecified atom stereocenters. The molecule has 0 heteroatoms. The molecular weight excluding hydrogens is 264 g/mol. The molecule has 0 saturated carbocycles. The van der Waals surface area contributed by atoms with Crippen LogP contribution < -0.4 is 0 Å². The third-order valence-corrected chi connectivity index (χ3v) is 4.46. The van der Waals surface area contributed by atoms with E-state index in [9.17, 15) is 0 Å². The molecule has 0 heterocycles. The molecule has 0 aliphatic carbocycles. The fraction of sp³-hybridized carbons (Fsp3) is 0.818. The van der Waals surface area contributed by atoms with Crippen molar-refractivity contribution in [2.75, 3.05) is 0 Å². The van der Waals surface area contributed by atoms with Crippen LogP contribution in [-0.2, 0) is 0 Å². The molecule has 0 N–H and O–H groups in total. The predicted octanol–water partition coefficient (Wildman–Crippen LogP) is 8.24. The Labute approximate surface area is 141 Å². The van der Waals surface area contributed by atoms with Gasteiger partial charge in [0.25, 0.3) is 0 Å². The van der Waals surface area contributed by atoms with E-state index in [1.54, 1.807) is 0 Å². The summed E-state index contributed by atoms with van der Waals surface area (Å²) in [5.74, 6) is 0.957. The molecular formula is C22H42. The summed E-state index contributed by atoms with van der Waals surface area (Å²) in [5.41, 5.74) is 0. The highest BCUT2D eigenvalue weighted by Gasteiger charge is 2.01. The molecule has 0 aromatic heterocycles. The molecule has 0 aromatic carbocycles. The Kier molecular flexibility index (Phi) is 18.1. The standard InChI is InChI=1S/C22H42/c1-4-6-8-9-10-11-12-13-14-15-16-17-19-21-22(3)20-18-7-5-2/h6,8,10-11,22H,4-5,7,9,12-21H2,1-3H3/b8-6-,11-10-. The molecule has 0 amide bonds. The zero-order valence-corrected chi connectivity index (χ0v) is 15.8. The summed E-state index contributed by atoms with van der Waals surface area (Å²) in [6.07, 6.45) is 28.5. The number of unbranched alkanes of at least 4 members (excludes halogenated alkanes) is 8. The van der Waals surface area contributed by atoms with E-state index in [-0.39, 0.29) is 0 Å². The Morgan fingerprint density at radius 1 is 0.636 bits per heavy atom. The quantitative estimate of drug-likeness (QED) is 0.199. The van der Waals surface area contributed by atoms with Crippen molar-refractivity contribution in [3.8, 4) is 0 Å². The van der Waals surface area contributed by atoms with E-state index in [1.165, 1.54) is 77.0 Å². The molecule has 0 fully saturated rings. The van der Waals surface area contributed by atoms with Gasteiger partial charge in [0.15, 0.2) is 0 Å². The summed E-state index contributed by atoms with van der Waals surface area (Å²) < 4.78 is 0. The highest BCUT2D eigenvalue weighted by Crippen LogP contribution is 2.17. The largest absolute Gasteiger partial charge is 0.0885 e. The van der Waals surface area contributed by atoms with Gasteiger partial charge in [-0.3, -0.25) is 0 Å². The fourth-order valence-electron chi connectivity index (χ4n) is 2.90. The van der Waals surface area contributed by atoms with Gasteiger partial charge in [-0.05, 0) is 31.6 Å². The molecule has 0 aliphatic heterocycles. The SMILES string of the molecule is CC/C=C\C/C=C\CCCCCCCCC(C)CCCCC. The van der Waals surface area contributed by atoms with Crippen LogP contribution in [0.2, 0.25) is 0 Å². The number of hydrogen-bond acceptors (Lipinski definition) is 0. The maximum Gasteiger partial charge on any atom is -0.0169 e. The van der Waals surface area contributed by atoms with Gasteiger partial charge in [-0.15, -0.1) is 0 Å². The van der Waals surface area contributed by atoms with Crippen molar-refractivity contribution in [2.45, 2.75) is 111 Å². The Morgan fingerprint density at radius 3 is 1.91 bits per heavy atom. The van der Waals surface area contributed by atoms with Gasteiger partial charge in [-0.25, -0.2) is 0 Å². The maximum absolute atomic E-state index is 2.44. The third kappa shape index (κ3) is 17.5. The zero-order chi connectivity index (χ0) is 16.3. The van der Waals surface area contributed by atoms with Gasteiger partial charge >= 0.3 is 0 Å². The first-order valence-electron chi connectivity index (χ1n) is 10.1. The molecule has 130 valence electrons. The normalized spacial score (nSPS) is 13.4. The molecule has 22 heavy (non-hydrogen) atoms. The second kappa shape index (κ2) is 18.5. The second-order valence-corrected chi connectivity index (χ2v) is 6.89. The van der Waals surface area contributed by atoms with Crippen molar-refractivity contribution in [3.63, 3.8) is 0 Å². The average Bonchev–Trinajstić information content (AvgIpc) is 2.52. The summed E-state index contributed by atoms with van der Waals surface area (Å²) in [5, 5.41) is 0. The van der Waals surface area contributed by atoms with Crippen LogP contribution in [0.3, 0.4) is 0 Å². The molecule has 0 radical (unpaired) electrons. The van der Waals surface area contributed by atoms with E-state index >= 15 is 0 Å². The minimum absolute atomic E-state index is 0.957. The van der Waals surface area contributed by atoms with E-state index < -0.39 is 0 Å². The van der Waals surface area contributed by atoms with E-state index in [1.807, 2.05) is 0 Å². The van der Waals surface area contributed by atoms with Gasteiger partial charge in [0.1, 0.15) is 0 Å². The van der Waals surface area contributed by atoms with Crippen molar-refractivity contribution in [1.82, 2.24) is 0 Å². The Balaban J connectivity index is 3.18. The van der Waals surface area contributed by atoms with Gasteiger partial charge in [0.05, 0.1) is 0 Å². The lowest BCUT2D eigenvalue weighted by molar-refractivity contribution is 0.436. The third-order valence-electron chi connectivity index (χ3n) is 4.46. The van der Waals surface area contributed by atoms with Gasteiger partial charge < -0.3 is 0 Å². The molecule has 0 saturated heterocycles. The van der Waals surface area contributed by atoms with Crippen LogP contribution in [0, 0.1) is 5.92 Å². The minimum atomic E-state index is 0.957. The van der Waals surface area contributed by atoms with Crippen molar-refractivity contribution < 1.29 is 0 Å². The highest BCUT2D eigenvalue weighted by molar-refractivity contribution is 4.92. The zero-order valence-electron chi connectivity index (χ0n) is 15.8. The maximum atomic E-state index is 2.44. The van der Waals surface area contributed by atoms with Crippen LogP contribution in [0.25, 0.3) is 0 Å². The molecule has 0 rings (SSSR count). The van der Waals surface area contributed by atoms with Gasteiger partial charge in [-0.1, -0.05) is 109 Å². The van der Waals surface area contributed by atoms with Crippen LogP contribution >= 0.6 is 0 Å². The van der Waals surface area contributed by atoms with Crippen molar-refractivity contribution in [1.29, 1.82) is 0 Å². The Bertz CT molecular complexity index is 249. The molecule has 0 aromatic rings. The van der Waals surface area contributed by atoms with Crippen molar-refractivity contribution in [3.05, 3.63) is 24.3 Å². The van der Waals surface area contributed by atoms with Crippen molar-refractivity contribution in [2.24, 2.45) is 5.92 Å². The lowest BCUT2D eigenvalue weighted by Crippen LogP contribution is -1.94. The fourth-order valence-corrected chi connectivity index (χ4v) is 2.90. The first-order chi connectivity index (χ1) is 10.8. The van der Waals surface area contributed by atoms with Gasteiger partial charge in [0.2, 0.25) is 0 Å². The van der Waals surface area contributed by atoms with Crippen LogP contribution in [0.4, 0.5) is 0 Å². The highest BCUT2D eigenvalue weighted by atomic mass is 14.1. The van der Waals surface area contributed by atoms with Crippen LogP contribution in [0.5, 0.6) is 0 Å². The van der Waals surface area contributed by atoms with Crippen LogP contribution in [0.15, 0.2) is 24.3 Å². The van der Waals surface area contributed by atoms with E-state index in [0.717, 1.165) is 18.8 Å². The lowest BCUT2D eigenvalue weighted by atomic mass is 9.96. The smallest absolute Gasteiger partial charge is 0.0169 e. The van der Waals surface area contributed by atoms with Crippen molar-refractivity contribution >= 4 is 0 Å². The topological polar surface area (TPSA) is 0 Å². The molecule has 1 atom stereocenters. The second-order valence-electron chi connectivity index (χ2n) is 6.89.